The SMILES string of the molecule is CCc1ccc(C(C)(C)c2nnc(C(=O)[C@@H](NC(=O)Cn3c(-c4ccccc4)ncc(NC(=O)OC)c3=O)C(C)C)o2)nc1. The highest BCUT2D eigenvalue weighted by Gasteiger charge is 2.35. The van der Waals surface area contributed by atoms with Crippen molar-refractivity contribution in [3.8, 4) is 11.4 Å². The van der Waals surface area contributed by atoms with Crippen LogP contribution in [-0.2, 0) is 27.9 Å². The molecular weight excluding hydrogens is 566 g/mol. The maximum Gasteiger partial charge on any atom is 0.411 e. The van der Waals surface area contributed by atoms with Gasteiger partial charge in [0.2, 0.25) is 17.6 Å². The molecule has 0 bridgehead atoms. The van der Waals surface area contributed by atoms with E-state index in [9.17, 15) is 19.2 Å². The molecule has 3 aromatic heterocycles. The van der Waals surface area contributed by atoms with Crippen molar-refractivity contribution in [3.63, 3.8) is 0 Å². The Hall–Kier alpha value is -5.20. The van der Waals surface area contributed by atoms with Gasteiger partial charge in [0.25, 0.3) is 11.4 Å². The van der Waals surface area contributed by atoms with E-state index in [2.05, 4.69) is 35.5 Å². The third kappa shape index (κ3) is 6.88. The number of ether oxygens (including phenoxy) is 1. The van der Waals surface area contributed by atoms with E-state index in [0.717, 1.165) is 23.7 Å². The topological polar surface area (TPSA) is 171 Å². The number of carbonyl (C=O) groups is 3. The van der Waals surface area contributed by atoms with Crippen molar-refractivity contribution in [2.45, 2.75) is 59.0 Å². The highest BCUT2D eigenvalue weighted by atomic mass is 16.5. The lowest BCUT2D eigenvalue weighted by molar-refractivity contribution is -0.122. The van der Waals surface area contributed by atoms with Crippen LogP contribution in [0.5, 0.6) is 0 Å². The second-order valence-electron chi connectivity index (χ2n) is 11.0. The first-order chi connectivity index (χ1) is 21.0. The highest BCUT2D eigenvalue weighted by Crippen LogP contribution is 2.29. The van der Waals surface area contributed by atoms with Gasteiger partial charge in [-0.3, -0.25) is 29.3 Å². The molecule has 44 heavy (non-hydrogen) atoms. The first-order valence-electron chi connectivity index (χ1n) is 14.1. The van der Waals surface area contributed by atoms with Crippen molar-refractivity contribution < 1.29 is 23.5 Å². The molecule has 0 aliphatic rings. The van der Waals surface area contributed by atoms with Gasteiger partial charge < -0.3 is 14.5 Å². The van der Waals surface area contributed by atoms with Crippen molar-refractivity contribution >= 4 is 23.5 Å². The molecule has 2 N–H and O–H groups in total. The Balaban J connectivity index is 1.58. The number of amides is 2. The maximum atomic E-state index is 13.5. The molecule has 0 saturated heterocycles. The number of aryl methyl sites for hydroxylation is 1. The van der Waals surface area contributed by atoms with E-state index in [1.807, 2.05) is 32.9 Å². The first-order valence-corrected chi connectivity index (χ1v) is 14.1. The van der Waals surface area contributed by atoms with Gasteiger partial charge in [0.05, 0.1) is 30.5 Å². The van der Waals surface area contributed by atoms with Crippen LogP contribution < -0.4 is 16.2 Å². The number of rotatable bonds is 11. The second-order valence-corrected chi connectivity index (χ2v) is 11.0. The largest absolute Gasteiger partial charge is 0.453 e. The molecule has 4 aromatic rings. The summed E-state index contributed by atoms with van der Waals surface area (Å²) >= 11 is 0. The molecule has 0 spiro atoms. The number of hydrogen-bond donors (Lipinski definition) is 2. The van der Waals surface area contributed by atoms with Crippen LogP contribution >= 0.6 is 0 Å². The molecule has 4 rings (SSSR count). The average molecular weight is 602 g/mol. The Labute approximate surface area is 254 Å². The Kier molecular flexibility index (Phi) is 9.67. The zero-order valence-electron chi connectivity index (χ0n) is 25.5. The summed E-state index contributed by atoms with van der Waals surface area (Å²) in [5.74, 6) is -1.45. The molecule has 0 radical (unpaired) electrons. The number of Topliss-reactive ketones (excluding diaryl/α,β-unsaturated/α-hetero) is 1. The second kappa shape index (κ2) is 13.4. The lowest BCUT2D eigenvalue weighted by atomic mass is 9.88. The van der Waals surface area contributed by atoms with Crippen LogP contribution in [0.25, 0.3) is 11.4 Å². The van der Waals surface area contributed by atoms with E-state index >= 15 is 0 Å². The van der Waals surface area contributed by atoms with Gasteiger partial charge in [-0.2, -0.15) is 0 Å². The summed E-state index contributed by atoms with van der Waals surface area (Å²) in [6.45, 7) is 8.79. The summed E-state index contributed by atoms with van der Waals surface area (Å²) in [5, 5.41) is 13.1. The lowest BCUT2D eigenvalue weighted by Crippen LogP contribution is -2.46. The van der Waals surface area contributed by atoms with E-state index in [1.54, 1.807) is 50.4 Å². The first kappa shape index (κ1) is 31.7. The molecule has 13 nitrogen and oxygen atoms in total. The van der Waals surface area contributed by atoms with Gasteiger partial charge >= 0.3 is 6.09 Å². The van der Waals surface area contributed by atoms with Crippen molar-refractivity contribution in [2.24, 2.45) is 5.92 Å². The van der Waals surface area contributed by atoms with Gasteiger partial charge in [-0.15, -0.1) is 10.2 Å². The van der Waals surface area contributed by atoms with Crippen molar-refractivity contribution in [1.82, 2.24) is 30.0 Å². The number of pyridine rings is 1. The number of nitrogens with zero attached hydrogens (tertiary/aromatic N) is 5. The molecule has 0 aliphatic heterocycles. The van der Waals surface area contributed by atoms with Crippen LogP contribution in [0.4, 0.5) is 10.5 Å². The molecule has 2 amide bonds. The van der Waals surface area contributed by atoms with E-state index in [0.29, 0.717) is 11.3 Å². The molecule has 1 atom stereocenters. The predicted molar refractivity (Wildman–Crippen MR) is 161 cm³/mol. The molecule has 230 valence electrons. The molecule has 0 saturated carbocycles. The van der Waals surface area contributed by atoms with Gasteiger partial charge in [-0.1, -0.05) is 57.2 Å². The zero-order valence-corrected chi connectivity index (χ0v) is 25.5. The van der Waals surface area contributed by atoms with Gasteiger partial charge in [0.1, 0.15) is 18.1 Å². The Morgan fingerprint density at radius 3 is 2.36 bits per heavy atom. The summed E-state index contributed by atoms with van der Waals surface area (Å²) in [4.78, 5) is 60.8. The summed E-state index contributed by atoms with van der Waals surface area (Å²) < 4.78 is 11.5. The fourth-order valence-corrected chi connectivity index (χ4v) is 4.42. The Morgan fingerprint density at radius 2 is 1.75 bits per heavy atom. The monoisotopic (exact) mass is 601 g/mol. The summed E-state index contributed by atoms with van der Waals surface area (Å²) in [5.41, 5.74) is 0.708. The van der Waals surface area contributed by atoms with Crippen LogP contribution in [0.1, 0.15) is 62.5 Å². The minimum absolute atomic E-state index is 0.180. The van der Waals surface area contributed by atoms with Crippen molar-refractivity contribution in [3.05, 3.63) is 88.3 Å². The number of aromatic nitrogens is 5. The van der Waals surface area contributed by atoms with Crippen LogP contribution in [0.3, 0.4) is 0 Å². The van der Waals surface area contributed by atoms with Crippen LogP contribution in [0.2, 0.25) is 0 Å². The molecule has 0 fully saturated rings. The summed E-state index contributed by atoms with van der Waals surface area (Å²) in [6.07, 6.45) is 2.96. The quantitative estimate of drug-likeness (QED) is 0.241. The number of anilines is 1. The molecular formula is C31H35N7O6. The van der Waals surface area contributed by atoms with Gasteiger partial charge in [0.15, 0.2) is 0 Å². The van der Waals surface area contributed by atoms with Crippen molar-refractivity contribution in [1.29, 1.82) is 0 Å². The fraction of sp³-hybridized carbons (Fsp3) is 0.355. The molecule has 0 unspecified atom stereocenters. The third-order valence-electron chi connectivity index (χ3n) is 7.11. The minimum Gasteiger partial charge on any atom is -0.453 e. The van der Waals surface area contributed by atoms with E-state index < -0.39 is 41.3 Å². The number of hydrogen-bond acceptors (Lipinski definition) is 10. The summed E-state index contributed by atoms with van der Waals surface area (Å²) in [7, 11) is 1.16. The highest BCUT2D eigenvalue weighted by molar-refractivity contribution is 5.98. The van der Waals surface area contributed by atoms with E-state index in [4.69, 9.17) is 4.42 Å². The molecule has 1 aromatic carbocycles. The van der Waals surface area contributed by atoms with Gasteiger partial charge in [0, 0.05) is 11.8 Å². The Bertz CT molecular complexity index is 1690. The number of ketones is 1. The smallest absolute Gasteiger partial charge is 0.411 e. The number of benzene rings is 1. The average Bonchev–Trinajstić information content (AvgIpc) is 3.53. The predicted octanol–water partition coefficient (Wildman–Crippen LogP) is 3.78. The van der Waals surface area contributed by atoms with Crippen LogP contribution in [0, 0.1) is 5.92 Å². The van der Waals surface area contributed by atoms with Crippen LogP contribution in [-0.4, -0.2) is 55.7 Å². The van der Waals surface area contributed by atoms with E-state index in [-0.39, 0.29) is 29.2 Å². The number of nitrogens with one attached hydrogen (secondary N) is 2. The normalized spacial score (nSPS) is 12.1. The van der Waals surface area contributed by atoms with Gasteiger partial charge in [-0.05, 0) is 37.8 Å². The molecule has 3 heterocycles. The zero-order chi connectivity index (χ0) is 32.0. The standard InChI is InChI=1S/C31H35N7O6/c1-7-19-13-14-22(32-15-19)31(4,5)29-37-36-27(44-29)25(40)24(18(2)3)35-23(39)17-38-26(20-11-9-8-10-12-20)33-16-21(28(38)41)34-30(42)43-6/h8-16,18,24H,7,17H2,1-6H3,(H,34,42)(H,35,39)/t24-/m0/s1. The third-order valence-corrected chi connectivity index (χ3v) is 7.11. The number of carbonyl (C=O) groups excluding carboxylic acids is 3. The summed E-state index contributed by atoms with van der Waals surface area (Å²) in [6, 6.07) is 11.6. The molecule has 13 heteroatoms. The Morgan fingerprint density at radius 1 is 1.02 bits per heavy atom. The van der Waals surface area contributed by atoms with Crippen LogP contribution in [0.15, 0.2) is 64.1 Å². The minimum atomic E-state index is -1.04. The fourth-order valence-electron chi connectivity index (χ4n) is 4.42. The van der Waals surface area contributed by atoms with E-state index in [1.165, 1.54) is 6.20 Å². The number of methoxy groups -OCH3 is 1. The lowest BCUT2D eigenvalue weighted by Gasteiger charge is -2.21. The maximum absolute atomic E-state index is 13.5. The van der Waals surface area contributed by atoms with Crippen molar-refractivity contribution in [2.75, 3.05) is 12.4 Å². The molecule has 0 aliphatic carbocycles. The van der Waals surface area contributed by atoms with Gasteiger partial charge in [-0.25, -0.2) is 9.78 Å².